The molecule has 0 aliphatic carbocycles. The zero-order valence-corrected chi connectivity index (χ0v) is 12.8. The SMILES string of the molecule is C=CCCCC(NC)C(CC)(CC)c1ccccc1. The Morgan fingerprint density at radius 3 is 2.32 bits per heavy atom. The van der Waals surface area contributed by atoms with Crippen LogP contribution in [0.15, 0.2) is 43.0 Å². The highest BCUT2D eigenvalue weighted by atomic mass is 14.9. The first kappa shape index (κ1) is 16.0. The normalized spacial score (nSPS) is 13.2. The van der Waals surface area contributed by atoms with Crippen LogP contribution in [0.5, 0.6) is 0 Å². The van der Waals surface area contributed by atoms with Gasteiger partial charge in [0.05, 0.1) is 0 Å². The topological polar surface area (TPSA) is 12.0 Å². The number of hydrogen-bond acceptors (Lipinski definition) is 1. The van der Waals surface area contributed by atoms with Crippen molar-refractivity contribution in [1.82, 2.24) is 5.32 Å². The van der Waals surface area contributed by atoms with E-state index in [1.54, 1.807) is 0 Å². The smallest absolute Gasteiger partial charge is 0.0161 e. The molecular weight excluding hydrogens is 230 g/mol. The summed E-state index contributed by atoms with van der Waals surface area (Å²) in [6.45, 7) is 8.45. The third-order valence-corrected chi connectivity index (χ3v) is 4.53. The largest absolute Gasteiger partial charge is 0.316 e. The Morgan fingerprint density at radius 2 is 1.84 bits per heavy atom. The number of likely N-dealkylation sites (N-methyl/N-ethyl adjacent to an activating group) is 1. The lowest BCUT2D eigenvalue weighted by Crippen LogP contribution is -2.46. The summed E-state index contributed by atoms with van der Waals surface area (Å²) in [5.41, 5.74) is 1.72. The summed E-state index contributed by atoms with van der Waals surface area (Å²) in [5, 5.41) is 3.57. The van der Waals surface area contributed by atoms with Gasteiger partial charge in [-0.1, -0.05) is 50.3 Å². The van der Waals surface area contributed by atoms with Gasteiger partial charge in [0.25, 0.3) is 0 Å². The van der Waals surface area contributed by atoms with E-state index in [1.165, 1.54) is 31.2 Å². The maximum Gasteiger partial charge on any atom is 0.0161 e. The van der Waals surface area contributed by atoms with E-state index in [9.17, 15) is 0 Å². The first-order valence-electron chi connectivity index (χ1n) is 7.58. The average Bonchev–Trinajstić information content (AvgIpc) is 2.48. The third kappa shape index (κ3) is 3.70. The molecule has 106 valence electrons. The van der Waals surface area contributed by atoms with Gasteiger partial charge in [0, 0.05) is 11.5 Å². The van der Waals surface area contributed by atoms with E-state index in [0.29, 0.717) is 6.04 Å². The summed E-state index contributed by atoms with van der Waals surface area (Å²) in [6.07, 6.45) is 7.90. The summed E-state index contributed by atoms with van der Waals surface area (Å²) in [5.74, 6) is 0. The molecule has 0 heterocycles. The molecule has 0 saturated carbocycles. The van der Waals surface area contributed by atoms with Gasteiger partial charge in [-0.05, 0) is 44.7 Å². The maximum absolute atomic E-state index is 3.82. The van der Waals surface area contributed by atoms with Crippen LogP contribution < -0.4 is 5.32 Å². The monoisotopic (exact) mass is 259 g/mol. The molecule has 0 fully saturated rings. The van der Waals surface area contributed by atoms with Crippen molar-refractivity contribution < 1.29 is 0 Å². The van der Waals surface area contributed by atoms with Crippen molar-refractivity contribution in [3.63, 3.8) is 0 Å². The first-order chi connectivity index (χ1) is 9.25. The molecule has 1 unspecified atom stereocenters. The van der Waals surface area contributed by atoms with Gasteiger partial charge in [-0.25, -0.2) is 0 Å². The summed E-state index contributed by atoms with van der Waals surface area (Å²) < 4.78 is 0. The minimum atomic E-state index is 0.247. The quantitative estimate of drug-likeness (QED) is 0.501. The second-order valence-electron chi connectivity index (χ2n) is 5.29. The van der Waals surface area contributed by atoms with Gasteiger partial charge in [0.1, 0.15) is 0 Å². The molecule has 1 aromatic rings. The molecule has 0 bridgehead atoms. The fraction of sp³-hybridized carbons (Fsp3) is 0.556. The summed E-state index contributed by atoms with van der Waals surface area (Å²) >= 11 is 0. The highest BCUT2D eigenvalue weighted by molar-refractivity contribution is 5.27. The molecule has 0 spiro atoms. The van der Waals surface area contributed by atoms with Gasteiger partial charge in [-0.2, -0.15) is 0 Å². The predicted octanol–water partition coefficient (Wildman–Crippen LogP) is 4.69. The van der Waals surface area contributed by atoms with Crippen LogP contribution in [0.1, 0.15) is 51.5 Å². The van der Waals surface area contributed by atoms with E-state index in [-0.39, 0.29) is 5.41 Å². The van der Waals surface area contributed by atoms with Gasteiger partial charge in [0.15, 0.2) is 0 Å². The van der Waals surface area contributed by atoms with Crippen LogP contribution in [0, 0.1) is 0 Å². The Kier molecular flexibility index (Phi) is 6.86. The van der Waals surface area contributed by atoms with Gasteiger partial charge in [0.2, 0.25) is 0 Å². The van der Waals surface area contributed by atoms with Crippen molar-refractivity contribution in [2.75, 3.05) is 7.05 Å². The van der Waals surface area contributed by atoms with Crippen LogP contribution >= 0.6 is 0 Å². The van der Waals surface area contributed by atoms with Gasteiger partial charge in [-0.3, -0.25) is 0 Å². The Balaban J connectivity index is 2.98. The minimum Gasteiger partial charge on any atom is -0.316 e. The third-order valence-electron chi connectivity index (χ3n) is 4.53. The standard InChI is InChI=1S/C18H29N/c1-5-8-10-15-17(19-4)18(6-2,7-3)16-13-11-9-12-14-16/h5,9,11-14,17,19H,1,6-8,10,15H2,2-4H3. The molecule has 1 heteroatoms. The van der Waals surface area contributed by atoms with E-state index < -0.39 is 0 Å². The molecule has 0 aliphatic heterocycles. The van der Waals surface area contributed by atoms with Crippen LogP contribution in [0.4, 0.5) is 0 Å². The van der Waals surface area contributed by atoms with Crippen molar-refractivity contribution in [3.8, 4) is 0 Å². The van der Waals surface area contributed by atoms with E-state index in [4.69, 9.17) is 0 Å². The first-order valence-corrected chi connectivity index (χ1v) is 7.58. The molecule has 1 rings (SSSR count). The molecule has 0 aliphatic rings. The molecule has 19 heavy (non-hydrogen) atoms. The van der Waals surface area contributed by atoms with Crippen LogP contribution in [-0.2, 0) is 5.41 Å². The summed E-state index contributed by atoms with van der Waals surface area (Å²) in [6, 6.07) is 11.5. The van der Waals surface area contributed by atoms with Crippen molar-refractivity contribution in [1.29, 1.82) is 0 Å². The lowest BCUT2D eigenvalue weighted by molar-refractivity contribution is 0.266. The number of unbranched alkanes of at least 4 members (excludes halogenated alkanes) is 1. The highest BCUT2D eigenvalue weighted by Crippen LogP contribution is 2.37. The van der Waals surface area contributed by atoms with Gasteiger partial charge in [-0.15, -0.1) is 6.58 Å². The Hall–Kier alpha value is -1.08. The second kappa shape index (κ2) is 8.16. The number of nitrogens with one attached hydrogen (secondary N) is 1. The summed E-state index contributed by atoms with van der Waals surface area (Å²) in [4.78, 5) is 0. The lowest BCUT2D eigenvalue weighted by Gasteiger charge is -2.40. The molecule has 1 atom stereocenters. The molecule has 1 nitrogen and oxygen atoms in total. The van der Waals surface area contributed by atoms with Crippen LogP contribution in [0.3, 0.4) is 0 Å². The molecule has 0 amide bonds. The molecule has 1 N–H and O–H groups in total. The minimum absolute atomic E-state index is 0.247. The molecule has 0 aromatic heterocycles. The Labute approximate surface area is 119 Å². The second-order valence-corrected chi connectivity index (χ2v) is 5.29. The van der Waals surface area contributed by atoms with E-state index in [2.05, 4.69) is 63.1 Å². The van der Waals surface area contributed by atoms with Crippen molar-refractivity contribution in [2.24, 2.45) is 0 Å². The van der Waals surface area contributed by atoms with Gasteiger partial charge < -0.3 is 5.32 Å². The van der Waals surface area contributed by atoms with Crippen LogP contribution in [-0.4, -0.2) is 13.1 Å². The maximum atomic E-state index is 3.82. The number of allylic oxidation sites excluding steroid dienone is 1. The van der Waals surface area contributed by atoms with E-state index in [0.717, 1.165) is 6.42 Å². The van der Waals surface area contributed by atoms with E-state index >= 15 is 0 Å². The zero-order chi connectivity index (χ0) is 14.1. The molecule has 1 aromatic carbocycles. The van der Waals surface area contributed by atoms with Crippen LogP contribution in [0.25, 0.3) is 0 Å². The lowest BCUT2D eigenvalue weighted by atomic mass is 9.69. The fourth-order valence-corrected chi connectivity index (χ4v) is 3.29. The average molecular weight is 259 g/mol. The molecule has 0 saturated heterocycles. The number of hydrogen-bond donors (Lipinski definition) is 1. The van der Waals surface area contributed by atoms with Crippen molar-refractivity contribution in [3.05, 3.63) is 48.6 Å². The highest BCUT2D eigenvalue weighted by Gasteiger charge is 2.35. The Bertz CT molecular complexity index is 351. The fourth-order valence-electron chi connectivity index (χ4n) is 3.29. The van der Waals surface area contributed by atoms with Gasteiger partial charge >= 0.3 is 0 Å². The zero-order valence-electron chi connectivity index (χ0n) is 12.8. The molecular formula is C18H29N. The number of benzene rings is 1. The molecule has 0 radical (unpaired) electrons. The van der Waals surface area contributed by atoms with E-state index in [1.807, 2.05) is 6.08 Å². The van der Waals surface area contributed by atoms with Crippen molar-refractivity contribution >= 4 is 0 Å². The Morgan fingerprint density at radius 1 is 1.21 bits per heavy atom. The summed E-state index contributed by atoms with van der Waals surface area (Å²) in [7, 11) is 2.10. The number of rotatable bonds is 9. The van der Waals surface area contributed by atoms with Crippen LogP contribution in [0.2, 0.25) is 0 Å². The van der Waals surface area contributed by atoms with Crippen molar-refractivity contribution in [2.45, 2.75) is 57.4 Å². The predicted molar refractivity (Wildman–Crippen MR) is 85.6 cm³/mol.